The second-order valence-corrected chi connectivity index (χ2v) is 11.7. The summed E-state index contributed by atoms with van der Waals surface area (Å²) in [5.74, 6) is -6.08. The number of benzene rings is 1. The summed E-state index contributed by atoms with van der Waals surface area (Å²) in [6.07, 6.45) is 0.752. The highest BCUT2D eigenvalue weighted by molar-refractivity contribution is 5.96. The van der Waals surface area contributed by atoms with Gasteiger partial charge in [0.2, 0.25) is 29.5 Å². The average Bonchev–Trinajstić information content (AvgIpc) is 3.51. The summed E-state index contributed by atoms with van der Waals surface area (Å²) in [5, 5.41) is 28.2. The first kappa shape index (κ1) is 37.7. The minimum Gasteiger partial charge on any atom is -0.481 e. The van der Waals surface area contributed by atoms with Crippen molar-refractivity contribution in [3.05, 3.63) is 35.9 Å². The zero-order chi connectivity index (χ0) is 34.6. The van der Waals surface area contributed by atoms with Crippen LogP contribution in [0.4, 0.5) is 0 Å². The molecular formula is C31H46N6O9. The Kier molecular flexibility index (Phi) is 14.6. The van der Waals surface area contributed by atoms with Gasteiger partial charge in [-0.15, -0.1) is 0 Å². The van der Waals surface area contributed by atoms with Crippen LogP contribution in [0.2, 0.25) is 0 Å². The lowest BCUT2D eigenvalue weighted by atomic mass is 9.97. The number of carbonyl (C=O) groups excluding carboxylic acids is 5. The van der Waals surface area contributed by atoms with Crippen molar-refractivity contribution in [1.29, 1.82) is 0 Å². The van der Waals surface area contributed by atoms with Gasteiger partial charge in [0.05, 0.1) is 6.04 Å². The molecule has 1 heterocycles. The maximum atomic E-state index is 13.4. The zero-order valence-corrected chi connectivity index (χ0v) is 26.7. The van der Waals surface area contributed by atoms with Gasteiger partial charge in [0, 0.05) is 13.0 Å². The fourth-order valence-corrected chi connectivity index (χ4v) is 5.02. The topological polar surface area (TPSA) is 237 Å². The Bertz CT molecular complexity index is 1260. The molecule has 1 aromatic rings. The van der Waals surface area contributed by atoms with E-state index in [4.69, 9.17) is 15.9 Å². The molecule has 1 fully saturated rings. The molecule has 46 heavy (non-hydrogen) atoms. The smallest absolute Gasteiger partial charge is 0.325 e. The Balaban J connectivity index is 2.08. The number of aliphatic carboxylic acids is 2. The van der Waals surface area contributed by atoms with Gasteiger partial charge >= 0.3 is 11.9 Å². The number of carboxylic acids is 2. The van der Waals surface area contributed by atoms with E-state index in [0.717, 1.165) is 5.56 Å². The maximum Gasteiger partial charge on any atom is 0.325 e. The van der Waals surface area contributed by atoms with Gasteiger partial charge in [-0.3, -0.25) is 33.6 Å². The lowest BCUT2D eigenvalue weighted by Crippen LogP contribution is -2.59. The highest BCUT2D eigenvalue weighted by atomic mass is 16.4. The van der Waals surface area contributed by atoms with Crippen LogP contribution in [0.1, 0.15) is 65.4 Å². The van der Waals surface area contributed by atoms with E-state index in [9.17, 15) is 33.6 Å². The molecule has 1 aromatic carbocycles. The summed E-state index contributed by atoms with van der Waals surface area (Å²) < 4.78 is 0. The van der Waals surface area contributed by atoms with Gasteiger partial charge in [0.1, 0.15) is 30.2 Å². The Hall–Kier alpha value is -4.53. The molecule has 15 heteroatoms. The van der Waals surface area contributed by atoms with Crippen LogP contribution in [0.3, 0.4) is 0 Å². The van der Waals surface area contributed by atoms with Crippen molar-refractivity contribution in [2.45, 2.75) is 102 Å². The Morgan fingerprint density at radius 2 is 1.52 bits per heavy atom. The number of rotatable bonds is 17. The van der Waals surface area contributed by atoms with Crippen LogP contribution in [-0.4, -0.2) is 99.4 Å². The van der Waals surface area contributed by atoms with Crippen molar-refractivity contribution in [2.75, 3.05) is 6.54 Å². The normalized spacial score (nSPS) is 18.2. The first-order chi connectivity index (χ1) is 21.7. The van der Waals surface area contributed by atoms with Crippen LogP contribution in [0, 0.1) is 5.92 Å². The third-order valence-corrected chi connectivity index (χ3v) is 8.01. The number of nitrogens with two attached hydrogens (primary N) is 1. The third-order valence-electron chi connectivity index (χ3n) is 8.01. The van der Waals surface area contributed by atoms with Crippen molar-refractivity contribution in [3.63, 3.8) is 0 Å². The number of carbonyl (C=O) groups is 7. The molecule has 0 spiro atoms. The fourth-order valence-electron chi connectivity index (χ4n) is 5.02. The summed E-state index contributed by atoms with van der Waals surface area (Å²) in [5.41, 5.74) is 6.98. The Morgan fingerprint density at radius 1 is 0.891 bits per heavy atom. The van der Waals surface area contributed by atoms with Crippen LogP contribution in [0.25, 0.3) is 0 Å². The second kappa shape index (κ2) is 17.8. The van der Waals surface area contributed by atoms with Gasteiger partial charge in [-0.25, -0.2) is 0 Å². The van der Waals surface area contributed by atoms with E-state index < -0.39 is 84.1 Å². The van der Waals surface area contributed by atoms with Crippen LogP contribution >= 0.6 is 0 Å². The maximum absolute atomic E-state index is 13.4. The number of likely N-dealkylation sites (tertiary alicyclic amines) is 1. The number of hydrogen-bond donors (Lipinski definition) is 7. The molecule has 0 saturated carbocycles. The number of hydrogen-bond acceptors (Lipinski definition) is 8. The fraction of sp³-hybridized carbons (Fsp3) is 0.581. The molecule has 1 saturated heterocycles. The summed E-state index contributed by atoms with van der Waals surface area (Å²) >= 11 is 0. The summed E-state index contributed by atoms with van der Waals surface area (Å²) in [6.45, 7) is 6.52. The van der Waals surface area contributed by atoms with Crippen molar-refractivity contribution in [3.8, 4) is 0 Å². The predicted octanol–water partition coefficient (Wildman–Crippen LogP) is -0.478. The molecule has 7 atom stereocenters. The second-order valence-electron chi connectivity index (χ2n) is 11.7. The molecule has 0 aromatic heterocycles. The molecular weight excluding hydrogens is 600 g/mol. The van der Waals surface area contributed by atoms with Crippen LogP contribution in [0.15, 0.2) is 30.3 Å². The van der Waals surface area contributed by atoms with Crippen LogP contribution in [0.5, 0.6) is 0 Å². The van der Waals surface area contributed by atoms with E-state index in [-0.39, 0.29) is 31.7 Å². The third kappa shape index (κ3) is 11.1. The lowest BCUT2D eigenvalue weighted by Gasteiger charge is -2.30. The monoisotopic (exact) mass is 646 g/mol. The molecule has 15 nitrogen and oxygen atoms in total. The molecule has 8 N–H and O–H groups in total. The van der Waals surface area contributed by atoms with E-state index >= 15 is 0 Å². The van der Waals surface area contributed by atoms with Gasteiger partial charge in [0.15, 0.2) is 0 Å². The van der Waals surface area contributed by atoms with Crippen LogP contribution < -0.4 is 27.0 Å². The summed E-state index contributed by atoms with van der Waals surface area (Å²) in [4.78, 5) is 89.2. The highest BCUT2D eigenvalue weighted by Crippen LogP contribution is 2.20. The molecule has 0 aliphatic carbocycles. The molecule has 254 valence electrons. The molecule has 0 unspecified atom stereocenters. The molecule has 2 rings (SSSR count). The molecule has 1 aliphatic rings. The predicted molar refractivity (Wildman–Crippen MR) is 166 cm³/mol. The quantitative estimate of drug-likeness (QED) is 0.115. The first-order valence-corrected chi connectivity index (χ1v) is 15.4. The molecule has 0 radical (unpaired) electrons. The van der Waals surface area contributed by atoms with Gasteiger partial charge in [-0.05, 0) is 51.0 Å². The van der Waals surface area contributed by atoms with Crippen molar-refractivity contribution >= 4 is 41.5 Å². The lowest BCUT2D eigenvalue weighted by molar-refractivity contribution is -0.143. The Morgan fingerprint density at radius 3 is 2.11 bits per heavy atom. The minimum absolute atomic E-state index is 0.193. The molecule has 5 amide bonds. The first-order valence-electron chi connectivity index (χ1n) is 15.4. The minimum atomic E-state index is -1.35. The van der Waals surface area contributed by atoms with Crippen molar-refractivity contribution < 1.29 is 43.8 Å². The van der Waals surface area contributed by atoms with Crippen molar-refractivity contribution in [1.82, 2.24) is 26.2 Å². The standard InChI is InChI=1S/C31H46N6O9/c1-5-17(2)25(36-26(40)21(32)16-20-10-7-6-8-11-20)29(43)33-18(3)30(44)37-15-9-12-23(37)28(42)35-22(13-14-24(38)39)27(41)34-19(4)31(45)46/h6-8,10-11,17-19,21-23,25H,5,9,12-16,32H2,1-4H3,(H,33,43)(H,34,41)(H,35,42)(H,36,40)(H,38,39)(H,45,46)/t17-,18-,19-,21-,22+,23-,25-/m0/s1. The largest absolute Gasteiger partial charge is 0.481 e. The SMILES string of the molecule is CC[C@H](C)[C@H](NC(=O)[C@@H](N)Cc1ccccc1)C(=O)N[C@@H](C)C(=O)N1CCC[C@H]1C(=O)N[C@H](CCC(=O)O)C(=O)N[C@@H](C)C(=O)O. The van der Waals surface area contributed by atoms with Gasteiger partial charge < -0.3 is 42.1 Å². The van der Waals surface area contributed by atoms with E-state index in [0.29, 0.717) is 12.8 Å². The van der Waals surface area contributed by atoms with E-state index in [2.05, 4.69) is 21.3 Å². The summed E-state index contributed by atoms with van der Waals surface area (Å²) in [7, 11) is 0. The van der Waals surface area contributed by atoms with E-state index in [1.165, 1.54) is 18.7 Å². The van der Waals surface area contributed by atoms with Gasteiger partial charge in [-0.2, -0.15) is 0 Å². The number of carboxylic acid groups (broad SMARTS) is 2. The van der Waals surface area contributed by atoms with Gasteiger partial charge in [0.25, 0.3) is 0 Å². The number of nitrogens with one attached hydrogen (secondary N) is 4. The highest BCUT2D eigenvalue weighted by Gasteiger charge is 2.39. The van der Waals surface area contributed by atoms with E-state index in [1.54, 1.807) is 6.92 Å². The Labute approximate surface area is 268 Å². The molecule has 1 aliphatic heterocycles. The van der Waals surface area contributed by atoms with Gasteiger partial charge in [-0.1, -0.05) is 50.6 Å². The number of nitrogens with zero attached hydrogens (tertiary/aromatic N) is 1. The average molecular weight is 647 g/mol. The summed E-state index contributed by atoms with van der Waals surface area (Å²) in [6, 6.07) is 2.59. The molecule has 0 bridgehead atoms. The van der Waals surface area contributed by atoms with E-state index in [1.807, 2.05) is 37.3 Å². The van der Waals surface area contributed by atoms with Crippen LogP contribution in [-0.2, 0) is 40.0 Å². The number of amides is 5. The zero-order valence-electron chi connectivity index (χ0n) is 26.7. The van der Waals surface area contributed by atoms with Crippen molar-refractivity contribution in [2.24, 2.45) is 11.7 Å².